The number of H-pyrrole nitrogens is 1. The highest BCUT2D eigenvalue weighted by Gasteiger charge is 2.08. The van der Waals surface area contributed by atoms with Gasteiger partial charge in [0.05, 0.1) is 0 Å². The smallest absolute Gasteiger partial charge is 0.169 e. The number of fused-ring (bicyclic) bond motifs is 1. The molecule has 2 heterocycles. The summed E-state index contributed by atoms with van der Waals surface area (Å²) in [5.41, 5.74) is 3.35. The van der Waals surface area contributed by atoms with Crippen molar-refractivity contribution in [1.82, 2.24) is 10.1 Å². The summed E-state index contributed by atoms with van der Waals surface area (Å²) >= 11 is 6.33. The summed E-state index contributed by atoms with van der Waals surface area (Å²) in [5, 5.41) is 8.88. The minimum atomic E-state index is 0.470. The summed E-state index contributed by atoms with van der Waals surface area (Å²) in [6.45, 7) is 4.94. The minimum Gasteiger partial charge on any atom is -0.363 e. The summed E-state index contributed by atoms with van der Waals surface area (Å²) in [7, 11) is 0. The van der Waals surface area contributed by atoms with E-state index in [9.17, 15) is 0 Å². The molecule has 4 nitrogen and oxygen atoms in total. The van der Waals surface area contributed by atoms with E-state index in [1.165, 1.54) is 12.0 Å². The number of hydrogen-bond acceptors (Lipinski definition) is 3. The van der Waals surface area contributed by atoms with Crippen molar-refractivity contribution < 1.29 is 4.52 Å². The van der Waals surface area contributed by atoms with Gasteiger partial charge in [-0.25, -0.2) is 0 Å². The van der Waals surface area contributed by atoms with E-state index in [0.29, 0.717) is 18.3 Å². The number of nitrogens with one attached hydrogen (secondary N) is 2. The van der Waals surface area contributed by atoms with Crippen LogP contribution < -0.4 is 5.32 Å². The Morgan fingerprint density at radius 3 is 2.90 bits per heavy atom. The van der Waals surface area contributed by atoms with E-state index < -0.39 is 0 Å². The van der Waals surface area contributed by atoms with E-state index in [2.05, 4.69) is 41.4 Å². The van der Waals surface area contributed by atoms with Crippen LogP contribution in [0.3, 0.4) is 0 Å². The molecule has 3 aromatic rings. The van der Waals surface area contributed by atoms with Crippen molar-refractivity contribution in [3.63, 3.8) is 0 Å². The van der Waals surface area contributed by atoms with Crippen molar-refractivity contribution in [3.8, 4) is 0 Å². The van der Waals surface area contributed by atoms with Gasteiger partial charge in [0.15, 0.2) is 5.82 Å². The van der Waals surface area contributed by atoms with Gasteiger partial charge in [-0.05, 0) is 29.7 Å². The van der Waals surface area contributed by atoms with Crippen LogP contribution in [0.2, 0.25) is 5.02 Å². The first-order chi connectivity index (χ1) is 9.63. The zero-order valence-electron chi connectivity index (χ0n) is 11.4. The molecule has 0 fully saturated rings. The van der Waals surface area contributed by atoms with Gasteiger partial charge in [-0.15, -0.1) is 0 Å². The maximum atomic E-state index is 6.33. The molecule has 5 heteroatoms. The maximum absolute atomic E-state index is 6.33. The van der Waals surface area contributed by atoms with Crippen LogP contribution in [-0.4, -0.2) is 10.1 Å². The number of benzene rings is 1. The molecule has 2 aromatic heterocycles. The standard InChI is InChI=1S/C15H16ClN3O/c1-9(2)13-6-10-5-12(16)11(7-14(10)18-13)8-17-15-3-4-20-19-15/h3-7,9,18H,8H2,1-2H3,(H,17,19). The molecule has 0 saturated carbocycles. The van der Waals surface area contributed by atoms with Gasteiger partial charge in [0, 0.05) is 34.2 Å². The second-order valence-corrected chi connectivity index (χ2v) is 5.56. The Morgan fingerprint density at radius 1 is 1.35 bits per heavy atom. The Labute approximate surface area is 122 Å². The van der Waals surface area contributed by atoms with E-state index in [1.807, 2.05) is 6.07 Å². The predicted molar refractivity (Wildman–Crippen MR) is 81.2 cm³/mol. The summed E-state index contributed by atoms with van der Waals surface area (Å²) < 4.78 is 4.78. The molecule has 0 amide bonds. The first-order valence-electron chi connectivity index (χ1n) is 6.59. The van der Waals surface area contributed by atoms with Gasteiger partial charge < -0.3 is 14.8 Å². The largest absolute Gasteiger partial charge is 0.363 e. The van der Waals surface area contributed by atoms with Crippen LogP contribution in [0.4, 0.5) is 5.82 Å². The van der Waals surface area contributed by atoms with E-state index >= 15 is 0 Å². The molecule has 0 aliphatic carbocycles. The predicted octanol–water partition coefficient (Wildman–Crippen LogP) is 4.54. The SMILES string of the molecule is CC(C)c1cc2cc(Cl)c(CNc3ccon3)cc2[nH]1. The Bertz CT molecular complexity index is 716. The molecule has 0 aliphatic heterocycles. The molecule has 0 atom stereocenters. The fourth-order valence-corrected chi connectivity index (χ4v) is 2.40. The van der Waals surface area contributed by atoms with Crippen LogP contribution in [0.15, 0.2) is 35.1 Å². The number of anilines is 1. The quantitative estimate of drug-likeness (QED) is 0.741. The molecule has 0 saturated heterocycles. The molecule has 0 unspecified atom stereocenters. The molecule has 3 rings (SSSR count). The van der Waals surface area contributed by atoms with Crippen LogP contribution in [0.1, 0.15) is 31.0 Å². The molecule has 0 radical (unpaired) electrons. The minimum absolute atomic E-state index is 0.470. The first-order valence-corrected chi connectivity index (χ1v) is 6.96. The highest BCUT2D eigenvalue weighted by atomic mass is 35.5. The molecule has 0 bridgehead atoms. The third kappa shape index (κ3) is 2.51. The lowest BCUT2D eigenvalue weighted by Crippen LogP contribution is -2.00. The van der Waals surface area contributed by atoms with E-state index in [-0.39, 0.29) is 0 Å². The van der Waals surface area contributed by atoms with Crippen LogP contribution in [0, 0.1) is 0 Å². The molecule has 104 valence electrons. The van der Waals surface area contributed by atoms with Crippen molar-refractivity contribution in [2.45, 2.75) is 26.3 Å². The van der Waals surface area contributed by atoms with Crippen LogP contribution >= 0.6 is 11.6 Å². The van der Waals surface area contributed by atoms with Gasteiger partial charge in [-0.1, -0.05) is 30.6 Å². The second kappa shape index (κ2) is 5.21. The third-order valence-corrected chi connectivity index (χ3v) is 3.68. The normalized spacial score (nSPS) is 11.4. The molecule has 20 heavy (non-hydrogen) atoms. The lowest BCUT2D eigenvalue weighted by molar-refractivity contribution is 0.422. The highest BCUT2D eigenvalue weighted by Crippen LogP contribution is 2.27. The zero-order chi connectivity index (χ0) is 14.1. The molecule has 0 spiro atoms. The summed E-state index contributed by atoms with van der Waals surface area (Å²) in [5.74, 6) is 1.17. The van der Waals surface area contributed by atoms with Crippen molar-refractivity contribution in [3.05, 3.63) is 46.8 Å². The number of nitrogens with zero attached hydrogens (tertiary/aromatic N) is 1. The number of aromatic amines is 1. The molecule has 1 aromatic carbocycles. The van der Waals surface area contributed by atoms with Gasteiger partial charge in [-0.3, -0.25) is 0 Å². The van der Waals surface area contributed by atoms with E-state index in [4.69, 9.17) is 16.1 Å². The van der Waals surface area contributed by atoms with Gasteiger partial charge in [0.25, 0.3) is 0 Å². The summed E-state index contributed by atoms with van der Waals surface area (Å²) in [6, 6.07) is 8.01. The van der Waals surface area contributed by atoms with Crippen molar-refractivity contribution in [2.75, 3.05) is 5.32 Å². The average molecular weight is 290 g/mol. The monoisotopic (exact) mass is 289 g/mol. The zero-order valence-corrected chi connectivity index (χ0v) is 12.2. The Hall–Kier alpha value is -1.94. The van der Waals surface area contributed by atoms with Gasteiger partial charge >= 0.3 is 0 Å². The van der Waals surface area contributed by atoms with Crippen LogP contribution in [0.5, 0.6) is 0 Å². The van der Waals surface area contributed by atoms with Crippen molar-refractivity contribution >= 4 is 28.3 Å². The van der Waals surface area contributed by atoms with Gasteiger partial charge in [0.1, 0.15) is 6.26 Å². The lowest BCUT2D eigenvalue weighted by atomic mass is 10.1. The third-order valence-electron chi connectivity index (χ3n) is 3.33. The van der Waals surface area contributed by atoms with E-state index in [1.54, 1.807) is 6.07 Å². The fraction of sp³-hybridized carbons (Fsp3) is 0.267. The lowest BCUT2D eigenvalue weighted by Gasteiger charge is -2.05. The van der Waals surface area contributed by atoms with Gasteiger partial charge in [-0.2, -0.15) is 0 Å². The number of rotatable bonds is 4. The first kappa shape index (κ1) is 13.1. The topological polar surface area (TPSA) is 53.9 Å². The second-order valence-electron chi connectivity index (χ2n) is 5.15. The summed E-state index contributed by atoms with van der Waals surface area (Å²) in [6.07, 6.45) is 1.53. The van der Waals surface area contributed by atoms with E-state index in [0.717, 1.165) is 21.5 Å². The fourth-order valence-electron chi connectivity index (χ4n) is 2.16. The number of halogens is 1. The molecule has 2 N–H and O–H groups in total. The summed E-state index contributed by atoms with van der Waals surface area (Å²) in [4.78, 5) is 3.44. The Balaban J connectivity index is 1.88. The van der Waals surface area contributed by atoms with Crippen molar-refractivity contribution in [1.29, 1.82) is 0 Å². The van der Waals surface area contributed by atoms with Crippen molar-refractivity contribution in [2.24, 2.45) is 0 Å². The molecular formula is C15H16ClN3O. The Morgan fingerprint density at radius 2 is 2.20 bits per heavy atom. The highest BCUT2D eigenvalue weighted by molar-refractivity contribution is 6.32. The Kier molecular flexibility index (Phi) is 3.40. The van der Waals surface area contributed by atoms with Gasteiger partial charge in [0.2, 0.25) is 0 Å². The maximum Gasteiger partial charge on any atom is 0.169 e. The van der Waals surface area contributed by atoms with Crippen LogP contribution in [0.25, 0.3) is 10.9 Å². The molecule has 0 aliphatic rings. The molecular weight excluding hydrogens is 274 g/mol. The number of aromatic nitrogens is 2. The number of hydrogen-bond donors (Lipinski definition) is 2. The average Bonchev–Trinajstić information content (AvgIpc) is 3.04. The van der Waals surface area contributed by atoms with Crippen LogP contribution in [-0.2, 0) is 6.54 Å².